The highest BCUT2D eigenvalue weighted by atomic mass is 32.4. The standard InChI is InChI=1S/C49H32N4P2S/c56-55(38-17-3-1-4-18-38,39-19-5-2-6-20-39)46-25-13-22-41-47(46)40-21-10-12-24-44(40)53-45-29-28-37(31-43(45)51-48(41)53)54(36-27-26-33-14-7-8-15-34(33)30-36)49-50-32-35-16-9-11-23-42(35)52-49/h1-32H. The lowest BCUT2D eigenvalue weighted by Crippen LogP contribution is -2.25. The summed E-state index contributed by atoms with van der Waals surface area (Å²) in [6, 6.07) is 64.5. The van der Waals surface area contributed by atoms with E-state index >= 15 is 0 Å². The summed E-state index contributed by atoms with van der Waals surface area (Å²) < 4.78 is 2.33. The third kappa shape index (κ3) is 5.24. The summed E-state index contributed by atoms with van der Waals surface area (Å²) in [5.41, 5.74) is 5.79. The molecule has 0 aliphatic rings. The first-order chi connectivity index (χ1) is 27.6. The molecule has 7 heteroatoms. The minimum absolute atomic E-state index is 0.824. The summed E-state index contributed by atoms with van der Waals surface area (Å²) in [6.07, 6.45) is 1.96. The molecule has 0 aliphatic heterocycles. The van der Waals surface area contributed by atoms with E-state index in [1.54, 1.807) is 0 Å². The van der Waals surface area contributed by atoms with Crippen LogP contribution in [0.2, 0.25) is 0 Å². The number of aromatic nitrogens is 4. The van der Waals surface area contributed by atoms with Gasteiger partial charge in [-0.15, -0.1) is 0 Å². The Kier molecular flexibility index (Phi) is 7.89. The number of benzene rings is 8. The molecule has 11 aromatic rings. The van der Waals surface area contributed by atoms with E-state index in [1.165, 1.54) is 37.4 Å². The molecule has 0 aliphatic carbocycles. The lowest BCUT2D eigenvalue weighted by Gasteiger charge is -2.26. The fraction of sp³-hybridized carbons (Fsp3) is 0. The first kappa shape index (κ1) is 33.3. The first-order valence-corrected chi connectivity index (χ1v) is 22.8. The lowest BCUT2D eigenvalue weighted by atomic mass is 10.1. The van der Waals surface area contributed by atoms with E-state index in [2.05, 4.69) is 180 Å². The van der Waals surface area contributed by atoms with Crippen LogP contribution < -0.4 is 32.1 Å². The number of pyridine rings is 1. The second-order valence-corrected chi connectivity index (χ2v) is 20.5. The highest BCUT2D eigenvalue weighted by Gasteiger charge is 2.29. The predicted octanol–water partition coefficient (Wildman–Crippen LogP) is 9.40. The second kappa shape index (κ2) is 13.3. The quantitative estimate of drug-likeness (QED) is 0.125. The molecule has 0 spiro atoms. The predicted molar refractivity (Wildman–Crippen MR) is 243 cm³/mol. The van der Waals surface area contributed by atoms with Gasteiger partial charge < -0.3 is 0 Å². The minimum Gasteiger partial charge on any atom is -0.292 e. The van der Waals surface area contributed by atoms with Gasteiger partial charge in [0.25, 0.3) is 0 Å². The summed E-state index contributed by atoms with van der Waals surface area (Å²) in [4.78, 5) is 15.7. The van der Waals surface area contributed by atoms with Crippen molar-refractivity contribution in [1.82, 2.24) is 19.4 Å². The van der Waals surface area contributed by atoms with Crippen LogP contribution in [0, 0.1) is 0 Å². The van der Waals surface area contributed by atoms with Gasteiger partial charge >= 0.3 is 0 Å². The van der Waals surface area contributed by atoms with Crippen LogP contribution in [0.1, 0.15) is 0 Å². The summed E-state index contributed by atoms with van der Waals surface area (Å²) in [5, 5.41) is 12.8. The molecule has 0 N–H and O–H groups in total. The second-order valence-electron chi connectivity index (χ2n) is 14.0. The van der Waals surface area contributed by atoms with Crippen molar-refractivity contribution in [2.24, 2.45) is 0 Å². The van der Waals surface area contributed by atoms with Crippen LogP contribution in [-0.2, 0) is 11.8 Å². The Hall–Kier alpha value is -6.09. The van der Waals surface area contributed by atoms with Crippen molar-refractivity contribution in [2.45, 2.75) is 0 Å². The molecule has 56 heavy (non-hydrogen) atoms. The number of fused-ring (bicyclic) bond motifs is 10. The van der Waals surface area contributed by atoms with E-state index in [4.69, 9.17) is 26.8 Å². The van der Waals surface area contributed by atoms with E-state index in [9.17, 15) is 0 Å². The van der Waals surface area contributed by atoms with Crippen molar-refractivity contribution in [3.8, 4) is 0 Å². The van der Waals surface area contributed by atoms with Crippen molar-refractivity contribution >= 4 is 118 Å². The Balaban J connectivity index is 1.18. The zero-order valence-corrected chi connectivity index (χ0v) is 32.7. The molecule has 3 aromatic heterocycles. The molecular weight excluding hydrogens is 739 g/mol. The van der Waals surface area contributed by atoms with Gasteiger partial charge in [0.05, 0.1) is 22.1 Å². The molecule has 0 fully saturated rings. The van der Waals surface area contributed by atoms with E-state index in [1.807, 2.05) is 18.3 Å². The van der Waals surface area contributed by atoms with Gasteiger partial charge in [0.15, 0.2) is 5.57 Å². The van der Waals surface area contributed by atoms with E-state index in [0.29, 0.717) is 0 Å². The van der Waals surface area contributed by atoms with Crippen molar-refractivity contribution in [2.75, 3.05) is 0 Å². The van der Waals surface area contributed by atoms with Crippen LogP contribution >= 0.6 is 14.0 Å². The Bertz CT molecular complexity index is 3240. The minimum atomic E-state index is -2.48. The molecule has 1 unspecified atom stereocenters. The van der Waals surface area contributed by atoms with Crippen molar-refractivity contribution in [3.05, 3.63) is 194 Å². The molecule has 0 bridgehead atoms. The normalized spacial score (nSPS) is 12.6. The number of para-hydroxylation sites is 2. The Morgan fingerprint density at radius 1 is 0.482 bits per heavy atom. The first-order valence-electron chi connectivity index (χ1n) is 18.6. The van der Waals surface area contributed by atoms with Crippen LogP contribution in [0.4, 0.5) is 0 Å². The molecule has 0 saturated carbocycles. The monoisotopic (exact) mass is 770 g/mol. The third-order valence-electron chi connectivity index (χ3n) is 10.8. The molecule has 0 radical (unpaired) electrons. The van der Waals surface area contributed by atoms with Crippen LogP contribution in [0.5, 0.6) is 0 Å². The van der Waals surface area contributed by atoms with Gasteiger partial charge in [0.1, 0.15) is 5.65 Å². The van der Waals surface area contributed by atoms with Gasteiger partial charge in [0, 0.05) is 47.0 Å². The fourth-order valence-corrected chi connectivity index (χ4v) is 14.4. The highest BCUT2D eigenvalue weighted by molar-refractivity contribution is 8.25. The van der Waals surface area contributed by atoms with Gasteiger partial charge in [-0.05, 0) is 62.3 Å². The van der Waals surface area contributed by atoms with Crippen molar-refractivity contribution in [1.29, 1.82) is 0 Å². The highest BCUT2D eigenvalue weighted by Crippen LogP contribution is 2.47. The van der Waals surface area contributed by atoms with Crippen LogP contribution in [0.15, 0.2) is 194 Å². The zero-order valence-electron chi connectivity index (χ0n) is 30.1. The number of nitrogens with zero attached hydrogens (tertiary/aromatic N) is 4. The van der Waals surface area contributed by atoms with Gasteiger partial charge in [-0.25, -0.2) is 15.0 Å². The van der Waals surface area contributed by atoms with Crippen LogP contribution in [0.25, 0.3) is 60.0 Å². The van der Waals surface area contributed by atoms with Gasteiger partial charge in [0.2, 0.25) is 0 Å². The number of hydrogen-bond donors (Lipinski definition) is 0. The zero-order chi connectivity index (χ0) is 37.2. The van der Waals surface area contributed by atoms with Crippen molar-refractivity contribution < 1.29 is 0 Å². The molecule has 3 heterocycles. The van der Waals surface area contributed by atoms with Gasteiger partial charge in [-0.2, -0.15) is 0 Å². The topological polar surface area (TPSA) is 43.1 Å². The fourth-order valence-electron chi connectivity index (χ4n) is 8.25. The molecule has 4 nitrogen and oxygen atoms in total. The van der Waals surface area contributed by atoms with Crippen molar-refractivity contribution in [3.63, 3.8) is 0 Å². The number of rotatable bonds is 6. The van der Waals surface area contributed by atoms with E-state index in [0.717, 1.165) is 54.7 Å². The van der Waals surface area contributed by atoms with E-state index in [-0.39, 0.29) is 0 Å². The Labute approximate surface area is 329 Å². The maximum atomic E-state index is 6.95. The van der Waals surface area contributed by atoms with E-state index < -0.39 is 14.0 Å². The average Bonchev–Trinajstić information content (AvgIpc) is 3.66. The molecule has 11 rings (SSSR count). The smallest absolute Gasteiger partial charge is 0.160 e. The third-order valence-corrected chi connectivity index (χ3v) is 18.0. The maximum absolute atomic E-state index is 6.95. The largest absolute Gasteiger partial charge is 0.292 e. The molecule has 8 aromatic carbocycles. The maximum Gasteiger partial charge on any atom is 0.160 e. The summed E-state index contributed by atoms with van der Waals surface area (Å²) in [5.74, 6) is 0. The molecule has 1 atom stereocenters. The molecule has 0 amide bonds. The summed E-state index contributed by atoms with van der Waals surface area (Å²) >= 11 is 6.95. The summed E-state index contributed by atoms with van der Waals surface area (Å²) in [7, 11) is -1.12. The van der Waals surface area contributed by atoms with Gasteiger partial charge in [-0.3, -0.25) is 4.40 Å². The Morgan fingerprint density at radius 2 is 1.12 bits per heavy atom. The van der Waals surface area contributed by atoms with Crippen LogP contribution in [-0.4, -0.2) is 19.4 Å². The summed E-state index contributed by atoms with van der Waals surface area (Å²) in [6.45, 7) is 0. The SMILES string of the molecule is S=P(c1ccccc1)(c1ccccc1)c1cccc2c1c1ccccc1n1c3ccc(P(c4ccc5ccccc5c4)c4ncc5ccccc5n4)cc3nc21. The number of imidazole rings is 1. The molecular formula is C49H32N4P2S. The van der Waals surface area contributed by atoms with Crippen LogP contribution in [0.3, 0.4) is 0 Å². The molecule has 0 saturated heterocycles. The number of hydrogen-bond acceptors (Lipinski definition) is 4. The molecule has 264 valence electrons. The Morgan fingerprint density at radius 3 is 1.93 bits per heavy atom. The van der Waals surface area contributed by atoms with Gasteiger partial charge in [-0.1, -0.05) is 170 Å². The lowest BCUT2D eigenvalue weighted by molar-refractivity contribution is 1.30. The average molecular weight is 771 g/mol.